The average Bonchev–Trinajstić information content (AvgIpc) is 2.55. The fraction of sp³-hybridized carbons (Fsp3) is 0.692. The van der Waals surface area contributed by atoms with Gasteiger partial charge in [0.2, 0.25) is 0 Å². The van der Waals surface area contributed by atoms with Crippen LogP contribution in [0.1, 0.15) is 40.0 Å². The van der Waals surface area contributed by atoms with Crippen molar-refractivity contribution in [2.75, 3.05) is 6.54 Å². The van der Waals surface area contributed by atoms with Gasteiger partial charge in [-0.2, -0.15) is 0 Å². The van der Waals surface area contributed by atoms with E-state index in [1.807, 2.05) is 26.8 Å². The van der Waals surface area contributed by atoms with Gasteiger partial charge in [0, 0.05) is 5.70 Å². The van der Waals surface area contributed by atoms with Crippen LogP contribution in [0.25, 0.3) is 0 Å². The second-order valence-electron chi connectivity index (χ2n) is 5.65. The van der Waals surface area contributed by atoms with Crippen LogP contribution in [0.15, 0.2) is 11.8 Å². The summed E-state index contributed by atoms with van der Waals surface area (Å²) in [6.45, 7) is 5.66. The van der Waals surface area contributed by atoms with Gasteiger partial charge in [-0.15, -0.1) is 0 Å². The molecule has 1 atom stereocenters. The Labute approximate surface area is 102 Å². The molecule has 0 aromatic carbocycles. The van der Waals surface area contributed by atoms with Gasteiger partial charge in [0.25, 0.3) is 0 Å². The zero-order chi connectivity index (χ0) is 12.6. The first-order valence-electron chi connectivity index (χ1n) is 6.12. The summed E-state index contributed by atoms with van der Waals surface area (Å²) in [7, 11) is 0. The average molecular weight is 237 g/mol. The smallest absolute Gasteiger partial charge is 0.414 e. The molecular weight excluding hydrogens is 218 g/mol. The molecular formula is C13H19NO3. The van der Waals surface area contributed by atoms with Crippen molar-refractivity contribution >= 4 is 11.9 Å². The molecule has 4 heteroatoms. The maximum Gasteiger partial charge on any atom is 0.414 e. The van der Waals surface area contributed by atoms with E-state index in [-0.39, 0.29) is 18.2 Å². The number of hydrogen-bond donors (Lipinski definition) is 0. The molecule has 17 heavy (non-hydrogen) atoms. The predicted octanol–water partition coefficient (Wildman–Crippen LogP) is 2.49. The number of likely N-dealkylation sites (tertiary alicyclic amines) is 1. The fourth-order valence-electron chi connectivity index (χ4n) is 2.33. The van der Waals surface area contributed by atoms with Crippen LogP contribution in [0, 0.1) is 5.92 Å². The van der Waals surface area contributed by atoms with Crippen molar-refractivity contribution in [2.45, 2.75) is 45.6 Å². The summed E-state index contributed by atoms with van der Waals surface area (Å²) in [5.74, 6) is 0.0677. The molecule has 4 nitrogen and oxygen atoms in total. The lowest BCUT2D eigenvalue weighted by atomic mass is 9.92. The molecule has 0 saturated carbocycles. The van der Waals surface area contributed by atoms with E-state index in [4.69, 9.17) is 4.74 Å². The summed E-state index contributed by atoms with van der Waals surface area (Å²) in [6.07, 6.45) is 4.44. The van der Waals surface area contributed by atoms with Crippen LogP contribution in [0.2, 0.25) is 0 Å². The van der Waals surface area contributed by atoms with Crippen molar-refractivity contribution < 1.29 is 14.3 Å². The lowest BCUT2D eigenvalue weighted by molar-refractivity contribution is -0.119. The van der Waals surface area contributed by atoms with Crippen LogP contribution < -0.4 is 0 Å². The quantitative estimate of drug-likeness (QED) is 0.650. The Balaban J connectivity index is 2.14. The largest absolute Gasteiger partial charge is 0.443 e. The summed E-state index contributed by atoms with van der Waals surface area (Å²) in [5.41, 5.74) is 0.337. The van der Waals surface area contributed by atoms with Gasteiger partial charge in [-0.25, -0.2) is 4.79 Å². The van der Waals surface area contributed by atoms with Crippen LogP contribution in [0.5, 0.6) is 0 Å². The van der Waals surface area contributed by atoms with E-state index in [2.05, 4.69) is 0 Å². The molecule has 0 radical (unpaired) electrons. The fourth-order valence-corrected chi connectivity index (χ4v) is 2.33. The molecule has 94 valence electrons. The number of amides is 1. The zero-order valence-electron chi connectivity index (χ0n) is 10.7. The third-order valence-electron chi connectivity index (χ3n) is 3.04. The molecule has 2 aliphatic rings. The Morgan fingerprint density at radius 3 is 2.82 bits per heavy atom. The summed E-state index contributed by atoms with van der Waals surface area (Å²) >= 11 is 0. The molecule has 1 heterocycles. The van der Waals surface area contributed by atoms with E-state index in [0.29, 0.717) is 0 Å². The lowest BCUT2D eigenvalue weighted by Crippen LogP contribution is -2.35. The molecule has 0 aromatic heterocycles. The van der Waals surface area contributed by atoms with E-state index < -0.39 is 11.7 Å². The number of nitrogens with zero attached hydrogens (tertiary/aromatic N) is 1. The Hall–Kier alpha value is -1.32. The lowest BCUT2D eigenvalue weighted by Gasteiger charge is -2.26. The monoisotopic (exact) mass is 237 g/mol. The van der Waals surface area contributed by atoms with Crippen LogP contribution >= 0.6 is 0 Å². The molecule has 1 unspecified atom stereocenters. The number of carbonyl (C=O) groups excluding carboxylic acids is 2. The van der Waals surface area contributed by atoms with E-state index in [1.54, 1.807) is 0 Å². The van der Waals surface area contributed by atoms with Gasteiger partial charge >= 0.3 is 6.09 Å². The minimum absolute atomic E-state index is 0.0729. The SMILES string of the molecule is CC(C)(C)OC(=O)N1CC(=O)C2CCCC=C21. The van der Waals surface area contributed by atoms with Crippen molar-refractivity contribution in [2.24, 2.45) is 5.92 Å². The Bertz CT molecular complexity index is 379. The maximum absolute atomic E-state index is 12.0. The standard InChI is InChI=1S/C13H19NO3/c1-13(2,3)17-12(16)14-8-11(15)9-6-4-5-7-10(9)14/h7,9H,4-6,8H2,1-3H3. The number of carbonyl (C=O) groups is 2. The first kappa shape index (κ1) is 12.1. The van der Waals surface area contributed by atoms with Crippen molar-refractivity contribution in [3.63, 3.8) is 0 Å². The summed E-state index contributed by atoms with van der Waals surface area (Å²) in [6, 6.07) is 0. The van der Waals surface area contributed by atoms with Crippen LogP contribution in [-0.2, 0) is 9.53 Å². The van der Waals surface area contributed by atoms with Crippen LogP contribution in [0.4, 0.5) is 4.79 Å². The molecule has 0 N–H and O–H groups in total. The number of allylic oxidation sites excluding steroid dienone is 2. The zero-order valence-corrected chi connectivity index (χ0v) is 10.7. The van der Waals surface area contributed by atoms with Crippen molar-refractivity contribution in [3.8, 4) is 0 Å². The Morgan fingerprint density at radius 1 is 1.47 bits per heavy atom. The minimum atomic E-state index is -0.520. The first-order chi connectivity index (χ1) is 7.88. The number of Topliss-reactive ketones (excluding diaryl/α,β-unsaturated/α-hetero) is 1. The highest BCUT2D eigenvalue weighted by Gasteiger charge is 2.40. The molecule has 0 spiro atoms. The number of ether oxygens (including phenoxy) is 1. The van der Waals surface area contributed by atoms with Crippen LogP contribution in [-0.4, -0.2) is 28.9 Å². The Morgan fingerprint density at radius 2 is 2.18 bits per heavy atom. The normalized spacial score (nSPS) is 24.4. The molecule has 1 amide bonds. The van der Waals surface area contributed by atoms with Gasteiger partial charge in [-0.05, 0) is 40.0 Å². The molecule has 0 bridgehead atoms. The first-order valence-corrected chi connectivity index (χ1v) is 6.12. The van der Waals surface area contributed by atoms with E-state index in [9.17, 15) is 9.59 Å². The van der Waals surface area contributed by atoms with Crippen molar-refractivity contribution in [1.29, 1.82) is 0 Å². The van der Waals surface area contributed by atoms with E-state index in [0.717, 1.165) is 25.0 Å². The van der Waals surface area contributed by atoms with E-state index >= 15 is 0 Å². The molecule has 1 fully saturated rings. The molecule has 1 saturated heterocycles. The molecule has 1 aliphatic heterocycles. The summed E-state index contributed by atoms with van der Waals surface area (Å²) in [4.78, 5) is 25.3. The topological polar surface area (TPSA) is 46.6 Å². The van der Waals surface area contributed by atoms with Gasteiger partial charge in [0.15, 0.2) is 5.78 Å². The van der Waals surface area contributed by atoms with Gasteiger partial charge in [-0.3, -0.25) is 9.69 Å². The third kappa shape index (κ3) is 2.51. The predicted molar refractivity (Wildman–Crippen MR) is 63.4 cm³/mol. The maximum atomic E-state index is 12.0. The van der Waals surface area contributed by atoms with Gasteiger partial charge in [-0.1, -0.05) is 6.08 Å². The number of hydrogen-bond acceptors (Lipinski definition) is 3. The number of ketones is 1. The number of fused-ring (bicyclic) bond motifs is 1. The number of rotatable bonds is 0. The van der Waals surface area contributed by atoms with Gasteiger partial charge in [0.05, 0.1) is 12.5 Å². The summed E-state index contributed by atoms with van der Waals surface area (Å²) in [5, 5.41) is 0. The van der Waals surface area contributed by atoms with Gasteiger partial charge in [0.1, 0.15) is 5.60 Å². The minimum Gasteiger partial charge on any atom is -0.443 e. The molecule has 1 aliphatic carbocycles. The highest BCUT2D eigenvalue weighted by molar-refractivity contribution is 5.93. The second kappa shape index (κ2) is 4.17. The van der Waals surface area contributed by atoms with Crippen LogP contribution in [0.3, 0.4) is 0 Å². The summed E-state index contributed by atoms with van der Waals surface area (Å²) < 4.78 is 5.31. The van der Waals surface area contributed by atoms with Crippen molar-refractivity contribution in [1.82, 2.24) is 4.90 Å². The Kier molecular flexibility index (Phi) is 2.98. The molecule has 0 aromatic rings. The second-order valence-corrected chi connectivity index (χ2v) is 5.65. The van der Waals surface area contributed by atoms with E-state index in [1.165, 1.54) is 4.90 Å². The highest BCUT2D eigenvalue weighted by atomic mass is 16.6. The highest BCUT2D eigenvalue weighted by Crippen LogP contribution is 2.34. The van der Waals surface area contributed by atoms with Crippen molar-refractivity contribution in [3.05, 3.63) is 11.8 Å². The molecule has 2 rings (SSSR count). The third-order valence-corrected chi connectivity index (χ3v) is 3.04. The van der Waals surface area contributed by atoms with Gasteiger partial charge < -0.3 is 4.74 Å².